The minimum absolute atomic E-state index is 0.000660. The molecule has 1 aromatic carbocycles. The summed E-state index contributed by atoms with van der Waals surface area (Å²) in [4.78, 5) is 24.6. The van der Waals surface area contributed by atoms with E-state index in [-0.39, 0.29) is 16.8 Å². The second-order valence-electron chi connectivity index (χ2n) is 4.95. The number of carbonyl (C=O) groups excluding carboxylic acids is 1. The van der Waals surface area contributed by atoms with E-state index in [0.29, 0.717) is 34.8 Å². The van der Waals surface area contributed by atoms with E-state index in [1.54, 1.807) is 30.5 Å². The minimum atomic E-state index is -0.334. The number of nitrogens with zero attached hydrogens (tertiary/aromatic N) is 3. The topological polar surface area (TPSA) is 100 Å². The van der Waals surface area contributed by atoms with Gasteiger partial charge in [0.05, 0.1) is 16.9 Å². The van der Waals surface area contributed by atoms with Crippen LogP contribution in [-0.4, -0.2) is 32.6 Å². The van der Waals surface area contributed by atoms with E-state index in [1.807, 2.05) is 6.92 Å². The fourth-order valence-electron chi connectivity index (χ4n) is 2.09. The maximum Gasteiger partial charge on any atom is 0.320 e. The Morgan fingerprint density at radius 2 is 2.08 bits per heavy atom. The summed E-state index contributed by atoms with van der Waals surface area (Å²) in [6.45, 7) is 2.35. The average molecular weight is 344 g/mol. The number of carbonyl (C=O) groups is 1. The number of pyridine rings is 1. The first kappa shape index (κ1) is 15.9. The van der Waals surface area contributed by atoms with Gasteiger partial charge in [0.1, 0.15) is 17.1 Å². The number of rotatable bonds is 3. The van der Waals surface area contributed by atoms with Crippen LogP contribution in [0.4, 0.5) is 10.6 Å². The molecule has 0 radical (unpaired) electrons. The Balaban J connectivity index is 1.96. The molecule has 0 spiro atoms. The number of anilines is 1. The fourth-order valence-corrected chi connectivity index (χ4v) is 2.27. The van der Waals surface area contributed by atoms with E-state index >= 15 is 0 Å². The Kier molecular flexibility index (Phi) is 4.43. The van der Waals surface area contributed by atoms with E-state index in [0.717, 1.165) is 0 Å². The number of halogens is 1. The fraction of sp³-hybridized carbons (Fsp3) is 0.125. The second-order valence-corrected chi connectivity index (χ2v) is 5.35. The third kappa shape index (κ3) is 3.36. The Bertz CT molecular complexity index is 916. The highest BCUT2D eigenvalue weighted by molar-refractivity contribution is 6.32. The van der Waals surface area contributed by atoms with E-state index in [9.17, 15) is 9.90 Å². The minimum Gasteiger partial charge on any atom is -0.506 e. The molecule has 24 heavy (non-hydrogen) atoms. The molecule has 0 aliphatic heterocycles. The van der Waals surface area contributed by atoms with Gasteiger partial charge in [-0.15, -0.1) is 0 Å². The van der Waals surface area contributed by atoms with Crippen molar-refractivity contribution in [2.24, 2.45) is 0 Å². The number of fused-ring (bicyclic) bond motifs is 1. The third-order valence-electron chi connectivity index (χ3n) is 3.23. The molecule has 0 unspecified atom stereocenters. The van der Waals surface area contributed by atoms with Crippen molar-refractivity contribution in [1.82, 2.24) is 20.3 Å². The van der Waals surface area contributed by atoms with Crippen molar-refractivity contribution >= 4 is 34.6 Å². The lowest BCUT2D eigenvalue weighted by Crippen LogP contribution is -2.28. The zero-order chi connectivity index (χ0) is 17.1. The van der Waals surface area contributed by atoms with Gasteiger partial charge in [0, 0.05) is 12.1 Å². The predicted octanol–water partition coefficient (Wildman–Crippen LogP) is 3.19. The number of nitrogens with one attached hydrogen (secondary N) is 2. The molecular formula is C16H14ClN5O2. The van der Waals surface area contributed by atoms with Gasteiger partial charge in [-0.2, -0.15) is 0 Å². The molecule has 0 atom stereocenters. The molecule has 0 saturated heterocycles. The first-order valence-electron chi connectivity index (χ1n) is 7.24. The van der Waals surface area contributed by atoms with E-state index in [1.165, 1.54) is 6.07 Å². The maximum atomic E-state index is 11.6. The Labute approximate surface area is 142 Å². The zero-order valence-corrected chi connectivity index (χ0v) is 13.5. The van der Waals surface area contributed by atoms with Crippen LogP contribution in [0.25, 0.3) is 22.4 Å². The van der Waals surface area contributed by atoms with Gasteiger partial charge in [-0.25, -0.2) is 14.8 Å². The lowest BCUT2D eigenvalue weighted by Gasteiger charge is -2.07. The van der Waals surface area contributed by atoms with Crippen LogP contribution in [0, 0.1) is 0 Å². The Morgan fingerprint density at radius 1 is 1.25 bits per heavy atom. The summed E-state index contributed by atoms with van der Waals surface area (Å²) in [5, 5.41) is 15.0. The number of phenols is 1. The van der Waals surface area contributed by atoms with Crippen LogP contribution in [0.15, 0.2) is 36.5 Å². The van der Waals surface area contributed by atoms with Gasteiger partial charge >= 0.3 is 6.03 Å². The highest BCUT2D eigenvalue weighted by Crippen LogP contribution is 2.28. The number of benzene rings is 1. The smallest absolute Gasteiger partial charge is 0.320 e. The van der Waals surface area contributed by atoms with Gasteiger partial charge in [-0.05, 0) is 37.3 Å². The summed E-state index contributed by atoms with van der Waals surface area (Å²) in [5.41, 5.74) is 2.26. The Hall–Kier alpha value is -2.93. The van der Waals surface area contributed by atoms with Gasteiger partial charge in [0.2, 0.25) is 0 Å². The van der Waals surface area contributed by atoms with E-state index < -0.39 is 0 Å². The standard InChI is InChI=1S/C16H14ClN5O2/c1-2-18-16(24)22-14-6-4-11-15(21-14)20-12(8-19-11)9-3-5-13(23)10(17)7-9/h3-8,23H,2H2,1H3,(H2,18,20,21,22,24). The molecule has 2 aromatic heterocycles. The number of urea groups is 1. The predicted molar refractivity (Wildman–Crippen MR) is 92.1 cm³/mol. The SMILES string of the molecule is CCNC(=O)Nc1ccc2ncc(-c3ccc(O)c(Cl)c3)nc2n1. The van der Waals surface area contributed by atoms with Crippen LogP contribution in [-0.2, 0) is 0 Å². The average Bonchev–Trinajstić information content (AvgIpc) is 2.57. The molecule has 122 valence electrons. The van der Waals surface area contributed by atoms with Crippen LogP contribution in [0.2, 0.25) is 5.02 Å². The molecule has 0 fully saturated rings. The summed E-state index contributed by atoms with van der Waals surface area (Å²) < 4.78 is 0. The van der Waals surface area contributed by atoms with Crippen LogP contribution in [0.1, 0.15) is 6.92 Å². The summed E-state index contributed by atoms with van der Waals surface area (Å²) in [6, 6.07) is 7.83. The summed E-state index contributed by atoms with van der Waals surface area (Å²) in [5.74, 6) is 0.379. The van der Waals surface area contributed by atoms with Gasteiger partial charge in [0.15, 0.2) is 5.65 Å². The molecule has 3 rings (SSSR count). The number of hydrogen-bond acceptors (Lipinski definition) is 5. The number of aromatic nitrogens is 3. The first-order chi connectivity index (χ1) is 11.6. The van der Waals surface area contributed by atoms with Crippen molar-refractivity contribution < 1.29 is 9.90 Å². The van der Waals surface area contributed by atoms with Crippen LogP contribution < -0.4 is 10.6 Å². The van der Waals surface area contributed by atoms with E-state index in [2.05, 4.69) is 25.6 Å². The molecule has 7 nitrogen and oxygen atoms in total. The highest BCUT2D eigenvalue weighted by atomic mass is 35.5. The van der Waals surface area contributed by atoms with Crippen molar-refractivity contribution in [3.8, 4) is 17.0 Å². The van der Waals surface area contributed by atoms with Crippen molar-refractivity contribution in [3.05, 3.63) is 41.6 Å². The zero-order valence-electron chi connectivity index (χ0n) is 12.7. The lowest BCUT2D eigenvalue weighted by atomic mass is 10.1. The quantitative estimate of drug-likeness (QED) is 0.678. The van der Waals surface area contributed by atoms with Gasteiger partial charge < -0.3 is 10.4 Å². The summed E-state index contributed by atoms with van der Waals surface area (Å²) >= 11 is 5.93. The lowest BCUT2D eigenvalue weighted by molar-refractivity contribution is 0.252. The molecule has 0 saturated carbocycles. The molecule has 0 aliphatic carbocycles. The number of phenolic OH excluding ortho intramolecular Hbond substituents is 1. The first-order valence-corrected chi connectivity index (χ1v) is 7.62. The van der Waals surface area contributed by atoms with Gasteiger partial charge in [-0.3, -0.25) is 10.3 Å². The molecule has 3 N–H and O–H groups in total. The number of aromatic hydroxyl groups is 1. The monoisotopic (exact) mass is 343 g/mol. The largest absolute Gasteiger partial charge is 0.506 e. The van der Waals surface area contributed by atoms with Crippen molar-refractivity contribution in [2.75, 3.05) is 11.9 Å². The molecule has 8 heteroatoms. The van der Waals surface area contributed by atoms with Crippen molar-refractivity contribution in [3.63, 3.8) is 0 Å². The maximum absolute atomic E-state index is 11.6. The van der Waals surface area contributed by atoms with Crippen LogP contribution in [0.3, 0.4) is 0 Å². The normalized spacial score (nSPS) is 10.6. The molecule has 0 aliphatic rings. The third-order valence-corrected chi connectivity index (χ3v) is 3.53. The number of hydrogen-bond donors (Lipinski definition) is 3. The summed E-state index contributed by atoms with van der Waals surface area (Å²) in [6.07, 6.45) is 1.60. The Morgan fingerprint density at radius 3 is 2.83 bits per heavy atom. The number of amides is 2. The molecule has 0 bridgehead atoms. The molecular weight excluding hydrogens is 330 g/mol. The van der Waals surface area contributed by atoms with Crippen LogP contribution in [0.5, 0.6) is 5.75 Å². The van der Waals surface area contributed by atoms with Gasteiger partial charge in [0.25, 0.3) is 0 Å². The van der Waals surface area contributed by atoms with Crippen molar-refractivity contribution in [1.29, 1.82) is 0 Å². The molecule has 3 aromatic rings. The van der Waals surface area contributed by atoms with Crippen molar-refractivity contribution in [2.45, 2.75) is 6.92 Å². The highest BCUT2D eigenvalue weighted by Gasteiger charge is 2.08. The summed E-state index contributed by atoms with van der Waals surface area (Å²) in [7, 11) is 0. The van der Waals surface area contributed by atoms with Crippen LogP contribution >= 0.6 is 11.6 Å². The van der Waals surface area contributed by atoms with E-state index in [4.69, 9.17) is 11.6 Å². The second kappa shape index (κ2) is 6.67. The van der Waals surface area contributed by atoms with Gasteiger partial charge in [-0.1, -0.05) is 11.6 Å². The molecule has 2 amide bonds. The molecule has 2 heterocycles.